The Balaban J connectivity index is 2.70. The molecule has 104 valence electrons. The first-order chi connectivity index (χ1) is 8.93. The molecular weight excluding hydrogens is 292 g/mol. The second-order valence-corrected chi connectivity index (χ2v) is 5.72. The van der Waals surface area contributed by atoms with Crippen LogP contribution in [0.4, 0.5) is 5.69 Å². The molecule has 0 saturated carbocycles. The van der Waals surface area contributed by atoms with E-state index in [1.54, 1.807) is 6.26 Å². The number of nitro groups is 1. The van der Waals surface area contributed by atoms with E-state index in [1.807, 2.05) is 0 Å². The molecule has 1 atom stereocenters. The zero-order valence-electron chi connectivity index (χ0n) is 10.2. The zero-order chi connectivity index (χ0) is 14.4. The third-order valence-corrected chi connectivity index (χ3v) is 3.57. The second-order valence-electron chi connectivity index (χ2n) is 3.78. The van der Waals surface area contributed by atoms with Crippen LogP contribution in [0.3, 0.4) is 0 Å². The van der Waals surface area contributed by atoms with E-state index in [0.717, 1.165) is 0 Å². The van der Waals surface area contributed by atoms with Crippen LogP contribution in [0.25, 0.3) is 0 Å². The maximum Gasteiger partial charge on any atom is 0.288 e. The van der Waals surface area contributed by atoms with Crippen LogP contribution >= 0.6 is 11.6 Å². The number of amides is 1. The molecule has 0 spiro atoms. The van der Waals surface area contributed by atoms with Crippen molar-refractivity contribution < 1.29 is 13.9 Å². The summed E-state index contributed by atoms with van der Waals surface area (Å²) in [5.74, 6) is 0.0127. The third kappa shape index (κ3) is 4.60. The molecule has 1 N–H and O–H groups in total. The Hall–Kier alpha value is -1.47. The number of carbonyl (C=O) groups is 1. The predicted molar refractivity (Wildman–Crippen MR) is 74.0 cm³/mol. The second kappa shape index (κ2) is 7.20. The molecule has 0 heterocycles. The van der Waals surface area contributed by atoms with Gasteiger partial charge in [0.2, 0.25) is 0 Å². The average Bonchev–Trinajstić information content (AvgIpc) is 2.34. The van der Waals surface area contributed by atoms with Crippen LogP contribution in [0.5, 0.6) is 0 Å². The van der Waals surface area contributed by atoms with Gasteiger partial charge in [0.05, 0.1) is 10.5 Å². The molecule has 1 aromatic rings. The number of carbonyl (C=O) groups excluding carboxylic acids is 1. The number of nitro benzene ring substituents is 1. The van der Waals surface area contributed by atoms with Gasteiger partial charge in [-0.15, -0.1) is 0 Å². The number of hydrogen-bond donors (Lipinski definition) is 1. The molecule has 0 saturated heterocycles. The van der Waals surface area contributed by atoms with Crippen LogP contribution < -0.4 is 5.32 Å². The molecule has 0 fully saturated rings. The van der Waals surface area contributed by atoms with E-state index in [9.17, 15) is 19.1 Å². The Bertz CT molecular complexity index is 521. The Morgan fingerprint density at radius 1 is 1.53 bits per heavy atom. The fourth-order valence-corrected chi connectivity index (χ4v) is 2.24. The molecule has 0 aromatic heterocycles. The first-order valence-electron chi connectivity index (χ1n) is 5.44. The van der Waals surface area contributed by atoms with Gasteiger partial charge in [0.25, 0.3) is 11.6 Å². The summed E-state index contributed by atoms with van der Waals surface area (Å²) in [5.41, 5.74) is -0.238. The fraction of sp³-hybridized carbons (Fsp3) is 0.364. The normalized spacial score (nSPS) is 11.9. The van der Waals surface area contributed by atoms with E-state index in [4.69, 9.17) is 11.6 Å². The number of hydrogen-bond acceptors (Lipinski definition) is 4. The Kier molecular flexibility index (Phi) is 5.91. The smallest absolute Gasteiger partial charge is 0.288 e. The molecule has 1 aromatic carbocycles. The lowest BCUT2D eigenvalue weighted by atomic mass is 10.2. The van der Waals surface area contributed by atoms with Gasteiger partial charge in [-0.3, -0.25) is 19.1 Å². The van der Waals surface area contributed by atoms with Crippen molar-refractivity contribution >= 4 is 34.0 Å². The number of benzene rings is 1. The van der Waals surface area contributed by atoms with Gasteiger partial charge >= 0.3 is 0 Å². The van der Waals surface area contributed by atoms with Crippen LogP contribution in [-0.4, -0.2) is 33.6 Å². The summed E-state index contributed by atoms with van der Waals surface area (Å²) < 4.78 is 10.8. The number of nitrogens with one attached hydrogen (secondary N) is 1. The van der Waals surface area contributed by atoms with Gasteiger partial charge < -0.3 is 5.32 Å². The summed E-state index contributed by atoms with van der Waals surface area (Å²) in [6, 6.07) is 4.06. The standard InChI is InChI=1S/C11H13ClN2O4S/c1-19(18)7-3-6-13-11(15)8-4-2-5-9(10(8)12)14(16)17/h2,4-5H,3,6-7H2,1H3,(H,13,15). The van der Waals surface area contributed by atoms with E-state index in [-0.39, 0.29) is 16.3 Å². The monoisotopic (exact) mass is 304 g/mol. The molecule has 0 radical (unpaired) electrons. The molecule has 1 unspecified atom stereocenters. The van der Waals surface area contributed by atoms with Crippen LogP contribution in [-0.2, 0) is 10.8 Å². The third-order valence-electron chi connectivity index (χ3n) is 2.31. The van der Waals surface area contributed by atoms with Crippen molar-refractivity contribution in [3.63, 3.8) is 0 Å². The van der Waals surface area contributed by atoms with E-state index in [2.05, 4.69) is 5.32 Å². The Morgan fingerprint density at radius 2 is 2.21 bits per heavy atom. The highest BCUT2D eigenvalue weighted by Crippen LogP contribution is 2.27. The summed E-state index contributed by atoms with van der Waals surface area (Å²) in [4.78, 5) is 21.8. The summed E-state index contributed by atoms with van der Waals surface area (Å²) in [7, 11) is -0.906. The minimum Gasteiger partial charge on any atom is -0.352 e. The van der Waals surface area contributed by atoms with E-state index in [1.165, 1.54) is 18.2 Å². The maximum atomic E-state index is 11.8. The van der Waals surface area contributed by atoms with E-state index < -0.39 is 21.6 Å². The molecule has 0 aliphatic rings. The lowest BCUT2D eigenvalue weighted by Gasteiger charge is -2.06. The minimum absolute atomic E-state index is 0.0634. The molecule has 0 bridgehead atoms. The van der Waals surface area contributed by atoms with Gasteiger partial charge in [-0.05, 0) is 12.5 Å². The van der Waals surface area contributed by atoms with Gasteiger partial charge in [0.15, 0.2) is 0 Å². The Morgan fingerprint density at radius 3 is 2.79 bits per heavy atom. The van der Waals surface area contributed by atoms with Gasteiger partial charge in [-0.1, -0.05) is 17.7 Å². The molecule has 19 heavy (non-hydrogen) atoms. The lowest BCUT2D eigenvalue weighted by molar-refractivity contribution is -0.384. The summed E-state index contributed by atoms with van der Waals surface area (Å²) in [6.07, 6.45) is 2.15. The van der Waals surface area contributed by atoms with Gasteiger partial charge in [0.1, 0.15) is 5.02 Å². The summed E-state index contributed by atoms with van der Waals surface area (Å²) >= 11 is 5.81. The van der Waals surface area contributed by atoms with Crippen molar-refractivity contribution in [3.8, 4) is 0 Å². The van der Waals surface area contributed by atoms with Crippen molar-refractivity contribution in [2.75, 3.05) is 18.6 Å². The molecular formula is C11H13ClN2O4S. The lowest BCUT2D eigenvalue weighted by Crippen LogP contribution is -2.25. The number of halogens is 1. The van der Waals surface area contributed by atoms with Crippen LogP contribution in [0.15, 0.2) is 18.2 Å². The summed E-state index contributed by atoms with van der Waals surface area (Å²) in [5, 5.41) is 13.1. The molecule has 1 amide bonds. The van der Waals surface area contributed by atoms with E-state index >= 15 is 0 Å². The predicted octanol–water partition coefficient (Wildman–Crippen LogP) is 1.75. The maximum absolute atomic E-state index is 11.8. The molecule has 0 aliphatic heterocycles. The zero-order valence-corrected chi connectivity index (χ0v) is 11.8. The topological polar surface area (TPSA) is 89.3 Å². The van der Waals surface area contributed by atoms with Crippen LogP contribution in [0, 0.1) is 10.1 Å². The first kappa shape index (κ1) is 15.6. The van der Waals surface area contributed by atoms with Gasteiger partial charge in [-0.25, -0.2) is 0 Å². The van der Waals surface area contributed by atoms with Crippen molar-refractivity contribution in [2.24, 2.45) is 0 Å². The van der Waals surface area contributed by atoms with Crippen molar-refractivity contribution in [1.29, 1.82) is 0 Å². The molecule has 0 aliphatic carbocycles. The number of rotatable bonds is 6. The largest absolute Gasteiger partial charge is 0.352 e. The first-order valence-corrected chi connectivity index (χ1v) is 7.55. The molecule has 8 heteroatoms. The average molecular weight is 305 g/mol. The van der Waals surface area contributed by atoms with Crippen LogP contribution in [0.1, 0.15) is 16.8 Å². The quantitative estimate of drug-likeness (QED) is 0.492. The van der Waals surface area contributed by atoms with Crippen molar-refractivity contribution in [2.45, 2.75) is 6.42 Å². The van der Waals surface area contributed by atoms with Crippen molar-refractivity contribution in [3.05, 3.63) is 38.9 Å². The van der Waals surface area contributed by atoms with Crippen molar-refractivity contribution in [1.82, 2.24) is 5.32 Å². The highest BCUT2D eigenvalue weighted by molar-refractivity contribution is 7.84. The molecule has 1 rings (SSSR count). The Labute approximate surface area is 117 Å². The SMILES string of the molecule is CS(=O)CCCNC(=O)c1cccc([N+](=O)[O-])c1Cl. The molecule has 6 nitrogen and oxygen atoms in total. The fourth-order valence-electron chi connectivity index (χ4n) is 1.41. The number of nitrogens with zero attached hydrogens (tertiary/aromatic N) is 1. The highest BCUT2D eigenvalue weighted by Gasteiger charge is 2.19. The van der Waals surface area contributed by atoms with Gasteiger partial charge in [0, 0.05) is 35.4 Å². The summed E-state index contributed by atoms with van der Waals surface area (Å²) in [6.45, 7) is 0.345. The van der Waals surface area contributed by atoms with Crippen LogP contribution in [0.2, 0.25) is 5.02 Å². The van der Waals surface area contributed by atoms with E-state index in [0.29, 0.717) is 18.7 Å². The van der Waals surface area contributed by atoms with Gasteiger partial charge in [-0.2, -0.15) is 0 Å². The highest BCUT2D eigenvalue weighted by atomic mass is 35.5. The minimum atomic E-state index is -0.906.